The van der Waals surface area contributed by atoms with E-state index in [0.29, 0.717) is 12.3 Å². The van der Waals surface area contributed by atoms with E-state index < -0.39 is 0 Å². The maximum atomic E-state index is 10.7. The Hall–Kier alpha value is -1.39. The van der Waals surface area contributed by atoms with Gasteiger partial charge in [0.15, 0.2) is 0 Å². The highest BCUT2D eigenvalue weighted by atomic mass is 16.5. The fourth-order valence-corrected chi connectivity index (χ4v) is 1.45. The van der Waals surface area contributed by atoms with Crippen LogP contribution in [0.2, 0.25) is 0 Å². The van der Waals surface area contributed by atoms with Crippen LogP contribution in [-0.4, -0.2) is 12.5 Å². The van der Waals surface area contributed by atoms with Gasteiger partial charge < -0.3 is 16.2 Å². The highest BCUT2D eigenvalue weighted by molar-refractivity contribution is 5.69. The average Bonchev–Trinajstić information content (AvgIpc) is 2.26. The Balaban J connectivity index is 2.59. The van der Waals surface area contributed by atoms with Crippen LogP contribution in [0.15, 0.2) is 24.3 Å². The maximum Gasteiger partial charge on any atom is 0.308 e. The summed E-state index contributed by atoms with van der Waals surface area (Å²) in [6, 6.07) is 7.24. The van der Waals surface area contributed by atoms with Gasteiger partial charge >= 0.3 is 5.97 Å². The van der Waals surface area contributed by atoms with Crippen LogP contribution in [0.3, 0.4) is 0 Å². The van der Waals surface area contributed by atoms with Crippen LogP contribution in [-0.2, 0) is 4.79 Å². The Labute approximate surface area is 95.6 Å². The molecule has 4 nitrogen and oxygen atoms in total. The van der Waals surface area contributed by atoms with E-state index in [2.05, 4.69) is 0 Å². The zero-order chi connectivity index (χ0) is 12.0. The van der Waals surface area contributed by atoms with Gasteiger partial charge in [-0.25, -0.2) is 0 Å². The summed E-state index contributed by atoms with van der Waals surface area (Å²) in [6.07, 6.45) is 1.77. The van der Waals surface area contributed by atoms with Gasteiger partial charge in [0.2, 0.25) is 0 Å². The molecule has 4 heteroatoms. The quantitative estimate of drug-likeness (QED) is 0.582. The van der Waals surface area contributed by atoms with Gasteiger partial charge in [0.05, 0.1) is 0 Å². The van der Waals surface area contributed by atoms with Crippen molar-refractivity contribution in [3.05, 3.63) is 29.8 Å². The standard InChI is InChI=1S/C12H18N2O2/c1-9(15)16-11-6-4-10(5-7-11)12(14)3-2-8-13/h4-7,12H,2-3,8,13-14H2,1H3/t12-/m0/s1. The normalized spacial score (nSPS) is 12.2. The molecular weight excluding hydrogens is 204 g/mol. The van der Waals surface area contributed by atoms with E-state index >= 15 is 0 Å². The van der Waals surface area contributed by atoms with Crippen LogP contribution < -0.4 is 16.2 Å². The zero-order valence-electron chi connectivity index (χ0n) is 9.48. The predicted octanol–water partition coefficient (Wildman–Crippen LogP) is 1.35. The minimum atomic E-state index is -0.319. The molecular formula is C12H18N2O2. The highest BCUT2D eigenvalue weighted by Crippen LogP contribution is 2.19. The lowest BCUT2D eigenvalue weighted by Gasteiger charge is -2.11. The lowest BCUT2D eigenvalue weighted by Crippen LogP contribution is -2.12. The first-order valence-corrected chi connectivity index (χ1v) is 5.37. The molecule has 4 N–H and O–H groups in total. The topological polar surface area (TPSA) is 78.3 Å². The first-order chi connectivity index (χ1) is 7.63. The van der Waals surface area contributed by atoms with Gasteiger partial charge in [-0.05, 0) is 37.1 Å². The molecule has 0 saturated carbocycles. The molecule has 0 radical (unpaired) electrons. The molecule has 0 bridgehead atoms. The van der Waals surface area contributed by atoms with Gasteiger partial charge in [-0.3, -0.25) is 4.79 Å². The lowest BCUT2D eigenvalue weighted by molar-refractivity contribution is -0.131. The Morgan fingerprint density at radius 3 is 2.50 bits per heavy atom. The van der Waals surface area contributed by atoms with Crippen molar-refractivity contribution in [1.82, 2.24) is 0 Å². The van der Waals surface area contributed by atoms with Crippen molar-refractivity contribution in [3.8, 4) is 5.75 Å². The summed E-state index contributed by atoms with van der Waals surface area (Å²) in [7, 11) is 0. The summed E-state index contributed by atoms with van der Waals surface area (Å²) in [5.74, 6) is 0.224. The number of rotatable bonds is 5. The van der Waals surface area contributed by atoms with Crippen molar-refractivity contribution in [3.63, 3.8) is 0 Å². The number of ether oxygens (including phenoxy) is 1. The maximum absolute atomic E-state index is 10.7. The summed E-state index contributed by atoms with van der Waals surface area (Å²) < 4.78 is 4.93. The molecule has 1 aromatic carbocycles. The Kier molecular flexibility index (Phi) is 4.95. The van der Waals surface area contributed by atoms with Gasteiger partial charge in [0.25, 0.3) is 0 Å². The van der Waals surface area contributed by atoms with E-state index in [1.165, 1.54) is 6.92 Å². The number of benzene rings is 1. The molecule has 1 aromatic rings. The molecule has 0 unspecified atom stereocenters. The largest absolute Gasteiger partial charge is 0.427 e. The molecule has 0 fully saturated rings. The van der Waals surface area contributed by atoms with Crippen LogP contribution in [0, 0.1) is 0 Å². The van der Waals surface area contributed by atoms with E-state index in [4.69, 9.17) is 16.2 Å². The Morgan fingerprint density at radius 2 is 2.00 bits per heavy atom. The van der Waals surface area contributed by atoms with Crippen LogP contribution in [0.5, 0.6) is 5.75 Å². The molecule has 1 rings (SSSR count). The molecule has 0 aromatic heterocycles. The number of carbonyl (C=O) groups is 1. The first-order valence-electron chi connectivity index (χ1n) is 5.37. The minimum Gasteiger partial charge on any atom is -0.427 e. The van der Waals surface area contributed by atoms with Crippen molar-refractivity contribution in [2.45, 2.75) is 25.8 Å². The SMILES string of the molecule is CC(=O)Oc1ccc([C@@H](N)CCCN)cc1. The van der Waals surface area contributed by atoms with Crippen LogP contribution in [0.4, 0.5) is 0 Å². The third-order valence-electron chi connectivity index (χ3n) is 2.29. The summed E-state index contributed by atoms with van der Waals surface area (Å²) in [6.45, 7) is 2.03. The lowest BCUT2D eigenvalue weighted by atomic mass is 10.0. The minimum absolute atomic E-state index is 0.00470. The molecule has 0 spiro atoms. The van der Waals surface area contributed by atoms with Gasteiger partial charge in [-0.15, -0.1) is 0 Å². The Bertz CT molecular complexity index is 335. The van der Waals surface area contributed by atoms with Crippen molar-refractivity contribution in [2.75, 3.05) is 6.54 Å². The number of hydrogen-bond donors (Lipinski definition) is 2. The molecule has 0 saturated heterocycles. The van der Waals surface area contributed by atoms with E-state index in [-0.39, 0.29) is 12.0 Å². The number of esters is 1. The van der Waals surface area contributed by atoms with Crippen molar-refractivity contribution >= 4 is 5.97 Å². The third kappa shape index (κ3) is 4.00. The van der Waals surface area contributed by atoms with Crippen LogP contribution in [0.25, 0.3) is 0 Å². The second-order valence-corrected chi connectivity index (χ2v) is 3.70. The zero-order valence-corrected chi connectivity index (χ0v) is 9.48. The molecule has 16 heavy (non-hydrogen) atoms. The summed E-state index contributed by atoms with van der Waals surface area (Å²) in [5, 5.41) is 0. The van der Waals surface area contributed by atoms with Gasteiger partial charge in [0, 0.05) is 13.0 Å². The fraction of sp³-hybridized carbons (Fsp3) is 0.417. The second kappa shape index (κ2) is 6.25. The van der Waals surface area contributed by atoms with Crippen molar-refractivity contribution in [2.24, 2.45) is 11.5 Å². The number of nitrogens with two attached hydrogens (primary N) is 2. The Morgan fingerprint density at radius 1 is 1.38 bits per heavy atom. The molecule has 0 aliphatic carbocycles. The summed E-state index contributed by atoms with van der Waals surface area (Å²) >= 11 is 0. The van der Waals surface area contributed by atoms with Gasteiger partial charge in [-0.2, -0.15) is 0 Å². The van der Waals surface area contributed by atoms with E-state index in [1.807, 2.05) is 12.1 Å². The van der Waals surface area contributed by atoms with Gasteiger partial charge in [0.1, 0.15) is 5.75 Å². The van der Waals surface area contributed by atoms with E-state index in [0.717, 1.165) is 18.4 Å². The monoisotopic (exact) mass is 222 g/mol. The fourth-order valence-electron chi connectivity index (χ4n) is 1.45. The predicted molar refractivity (Wildman–Crippen MR) is 63.0 cm³/mol. The van der Waals surface area contributed by atoms with Crippen LogP contribution >= 0.6 is 0 Å². The molecule has 0 aliphatic heterocycles. The average molecular weight is 222 g/mol. The third-order valence-corrected chi connectivity index (χ3v) is 2.29. The highest BCUT2D eigenvalue weighted by Gasteiger charge is 2.05. The van der Waals surface area contributed by atoms with Crippen molar-refractivity contribution in [1.29, 1.82) is 0 Å². The van der Waals surface area contributed by atoms with E-state index in [1.54, 1.807) is 12.1 Å². The summed E-state index contributed by atoms with van der Waals surface area (Å²) in [5.41, 5.74) is 12.4. The molecule has 0 heterocycles. The first kappa shape index (κ1) is 12.7. The van der Waals surface area contributed by atoms with Crippen molar-refractivity contribution < 1.29 is 9.53 Å². The number of carbonyl (C=O) groups excluding carboxylic acids is 1. The second-order valence-electron chi connectivity index (χ2n) is 3.70. The smallest absolute Gasteiger partial charge is 0.308 e. The van der Waals surface area contributed by atoms with E-state index in [9.17, 15) is 4.79 Å². The molecule has 0 aliphatic rings. The molecule has 88 valence electrons. The number of hydrogen-bond acceptors (Lipinski definition) is 4. The molecule has 1 atom stereocenters. The summed E-state index contributed by atoms with van der Waals surface area (Å²) in [4.78, 5) is 10.7. The molecule has 0 amide bonds. The van der Waals surface area contributed by atoms with Crippen LogP contribution in [0.1, 0.15) is 31.4 Å². The van der Waals surface area contributed by atoms with Gasteiger partial charge in [-0.1, -0.05) is 12.1 Å².